The second kappa shape index (κ2) is 4.56. The van der Waals surface area contributed by atoms with E-state index in [1.54, 1.807) is 0 Å². The number of H-pyrrole nitrogens is 1. The molecule has 21 heavy (non-hydrogen) atoms. The smallest absolute Gasteiger partial charge is 0.275 e. The Bertz CT molecular complexity index is 672. The van der Waals surface area contributed by atoms with E-state index in [-0.39, 0.29) is 17.1 Å². The van der Waals surface area contributed by atoms with E-state index >= 15 is 0 Å². The van der Waals surface area contributed by atoms with E-state index in [9.17, 15) is 4.79 Å². The van der Waals surface area contributed by atoms with Crippen molar-refractivity contribution >= 4 is 16.8 Å². The molecule has 1 saturated heterocycles. The van der Waals surface area contributed by atoms with Crippen LogP contribution in [-0.2, 0) is 4.74 Å². The van der Waals surface area contributed by atoms with Crippen LogP contribution in [0.5, 0.6) is 0 Å². The summed E-state index contributed by atoms with van der Waals surface area (Å²) in [6.07, 6.45) is 0. The van der Waals surface area contributed by atoms with E-state index in [1.165, 1.54) is 0 Å². The summed E-state index contributed by atoms with van der Waals surface area (Å²) in [7, 11) is 0. The van der Waals surface area contributed by atoms with Crippen molar-refractivity contribution in [1.82, 2.24) is 15.1 Å². The van der Waals surface area contributed by atoms with Gasteiger partial charge in [-0.1, -0.05) is 18.2 Å². The van der Waals surface area contributed by atoms with Crippen molar-refractivity contribution in [3.8, 4) is 0 Å². The Labute approximate surface area is 124 Å². The number of nitrogens with one attached hydrogen (secondary N) is 1. The molecule has 1 amide bonds. The minimum Gasteiger partial charge on any atom is -0.366 e. The largest absolute Gasteiger partial charge is 0.366 e. The van der Waals surface area contributed by atoms with E-state index in [2.05, 4.69) is 10.2 Å². The molecule has 1 N–H and O–H groups in total. The summed E-state index contributed by atoms with van der Waals surface area (Å²) in [5, 5.41) is 8.00. The topological polar surface area (TPSA) is 58.2 Å². The molecule has 0 unspecified atom stereocenters. The van der Waals surface area contributed by atoms with Crippen LogP contribution in [0.15, 0.2) is 24.3 Å². The van der Waals surface area contributed by atoms with Gasteiger partial charge in [-0.2, -0.15) is 5.10 Å². The fourth-order valence-electron chi connectivity index (χ4n) is 3.21. The molecule has 2 aromatic rings. The van der Waals surface area contributed by atoms with Gasteiger partial charge >= 0.3 is 0 Å². The molecular formula is C16H21N3O2. The first-order valence-corrected chi connectivity index (χ1v) is 7.20. The molecule has 1 fully saturated rings. The van der Waals surface area contributed by atoms with E-state index in [1.807, 2.05) is 56.9 Å². The number of benzene rings is 1. The summed E-state index contributed by atoms with van der Waals surface area (Å²) < 4.78 is 6.02. The van der Waals surface area contributed by atoms with Crippen molar-refractivity contribution in [2.75, 3.05) is 13.1 Å². The summed E-state index contributed by atoms with van der Waals surface area (Å²) in [5.74, 6) is -0.0445. The van der Waals surface area contributed by atoms with Crippen LogP contribution in [0.4, 0.5) is 0 Å². The maximum Gasteiger partial charge on any atom is 0.275 e. The monoisotopic (exact) mass is 287 g/mol. The second-order valence-electron chi connectivity index (χ2n) is 6.90. The average molecular weight is 287 g/mol. The highest BCUT2D eigenvalue weighted by atomic mass is 16.5. The van der Waals surface area contributed by atoms with Gasteiger partial charge in [0, 0.05) is 18.5 Å². The van der Waals surface area contributed by atoms with Crippen LogP contribution in [0.1, 0.15) is 38.2 Å². The quantitative estimate of drug-likeness (QED) is 0.877. The lowest BCUT2D eigenvalue weighted by Gasteiger charge is -2.46. The Balaban J connectivity index is 1.94. The van der Waals surface area contributed by atoms with Crippen LogP contribution in [-0.4, -0.2) is 45.3 Å². The number of ether oxygens (including phenoxy) is 1. The van der Waals surface area contributed by atoms with Crippen LogP contribution in [0, 0.1) is 0 Å². The van der Waals surface area contributed by atoms with Crippen molar-refractivity contribution < 1.29 is 9.53 Å². The zero-order valence-corrected chi connectivity index (χ0v) is 12.9. The zero-order valence-electron chi connectivity index (χ0n) is 12.9. The van der Waals surface area contributed by atoms with Gasteiger partial charge < -0.3 is 9.64 Å². The minimum absolute atomic E-state index is 0.0445. The fourth-order valence-corrected chi connectivity index (χ4v) is 3.21. The summed E-state index contributed by atoms with van der Waals surface area (Å²) in [4.78, 5) is 14.7. The molecule has 0 spiro atoms. The number of hydrogen-bond acceptors (Lipinski definition) is 3. The maximum atomic E-state index is 12.8. The van der Waals surface area contributed by atoms with E-state index < -0.39 is 0 Å². The number of carbonyl (C=O) groups excluding carboxylic acids is 1. The Morgan fingerprint density at radius 3 is 2.48 bits per heavy atom. The molecule has 2 heterocycles. The molecule has 5 heteroatoms. The molecule has 112 valence electrons. The number of morpholine rings is 1. The van der Waals surface area contributed by atoms with Gasteiger partial charge in [0.15, 0.2) is 5.69 Å². The van der Waals surface area contributed by atoms with Gasteiger partial charge in [-0.05, 0) is 33.8 Å². The van der Waals surface area contributed by atoms with Gasteiger partial charge in [0.2, 0.25) is 0 Å². The number of hydrogen-bond donors (Lipinski definition) is 1. The lowest BCUT2D eigenvalue weighted by Crippen LogP contribution is -2.58. The Morgan fingerprint density at radius 1 is 1.19 bits per heavy atom. The van der Waals surface area contributed by atoms with Gasteiger partial charge in [-0.15, -0.1) is 0 Å². The number of nitrogens with zero attached hydrogens (tertiary/aromatic N) is 2. The second-order valence-corrected chi connectivity index (χ2v) is 6.90. The normalized spacial score (nSPS) is 20.7. The zero-order chi connectivity index (χ0) is 15.3. The molecule has 1 aliphatic rings. The first kappa shape index (κ1) is 14.1. The lowest BCUT2D eigenvalue weighted by molar-refractivity contribution is -0.171. The van der Waals surface area contributed by atoms with Gasteiger partial charge in [0.05, 0.1) is 16.7 Å². The van der Waals surface area contributed by atoms with Crippen LogP contribution in [0.3, 0.4) is 0 Å². The molecule has 1 aromatic carbocycles. The van der Waals surface area contributed by atoms with E-state index in [4.69, 9.17) is 4.74 Å². The lowest BCUT2D eigenvalue weighted by atomic mass is 9.98. The number of aromatic amines is 1. The van der Waals surface area contributed by atoms with Gasteiger partial charge in [0.25, 0.3) is 5.91 Å². The third kappa shape index (κ3) is 2.65. The summed E-state index contributed by atoms with van der Waals surface area (Å²) in [6.45, 7) is 9.17. The van der Waals surface area contributed by atoms with Crippen molar-refractivity contribution in [3.05, 3.63) is 30.0 Å². The molecule has 5 nitrogen and oxygen atoms in total. The molecule has 0 aliphatic carbocycles. The molecule has 3 rings (SSSR count). The Morgan fingerprint density at radius 2 is 1.81 bits per heavy atom. The van der Waals surface area contributed by atoms with Gasteiger partial charge in [0.1, 0.15) is 0 Å². The first-order chi connectivity index (χ1) is 9.77. The number of amides is 1. The molecule has 1 aliphatic heterocycles. The number of aromatic nitrogens is 2. The van der Waals surface area contributed by atoms with Crippen molar-refractivity contribution in [1.29, 1.82) is 0 Å². The predicted octanol–water partition coefficient (Wildman–Crippen LogP) is 2.59. The summed E-state index contributed by atoms with van der Waals surface area (Å²) in [5.41, 5.74) is 0.652. The van der Waals surface area contributed by atoms with Crippen LogP contribution in [0.25, 0.3) is 10.9 Å². The van der Waals surface area contributed by atoms with Crippen molar-refractivity contribution in [3.63, 3.8) is 0 Å². The molecular weight excluding hydrogens is 266 g/mol. The molecule has 0 radical (unpaired) electrons. The minimum atomic E-state index is -0.358. The predicted molar refractivity (Wildman–Crippen MR) is 81.2 cm³/mol. The molecule has 0 bridgehead atoms. The standard InChI is InChI=1S/C16H21N3O2/c1-15(2)9-19(10-16(3,4)21-15)14(20)13-11-7-5-6-8-12(11)17-18-13/h5-8H,9-10H2,1-4H3,(H,17,18). The number of para-hydroxylation sites is 1. The van der Waals surface area contributed by atoms with Crippen molar-refractivity contribution in [2.45, 2.75) is 38.9 Å². The maximum absolute atomic E-state index is 12.8. The molecule has 1 aromatic heterocycles. The number of carbonyl (C=O) groups is 1. The SMILES string of the molecule is CC1(C)CN(C(=O)c2n[nH]c3ccccc23)CC(C)(C)O1. The van der Waals surface area contributed by atoms with Crippen LogP contribution < -0.4 is 0 Å². The van der Waals surface area contributed by atoms with Gasteiger partial charge in [-0.3, -0.25) is 9.89 Å². The van der Waals surface area contributed by atoms with E-state index in [0.717, 1.165) is 10.9 Å². The number of fused-ring (bicyclic) bond motifs is 1. The highest BCUT2D eigenvalue weighted by molar-refractivity contribution is 6.04. The molecule has 0 atom stereocenters. The van der Waals surface area contributed by atoms with Crippen molar-refractivity contribution in [2.24, 2.45) is 0 Å². The third-order valence-electron chi connectivity index (χ3n) is 3.66. The summed E-state index contributed by atoms with van der Waals surface area (Å²) in [6, 6.07) is 7.69. The Hall–Kier alpha value is -1.88. The summed E-state index contributed by atoms with van der Waals surface area (Å²) >= 11 is 0. The van der Waals surface area contributed by atoms with E-state index in [0.29, 0.717) is 18.8 Å². The highest BCUT2D eigenvalue weighted by Crippen LogP contribution is 2.29. The van der Waals surface area contributed by atoms with Crippen LogP contribution in [0.2, 0.25) is 0 Å². The number of rotatable bonds is 1. The Kier molecular flexibility index (Phi) is 3.06. The average Bonchev–Trinajstić information content (AvgIpc) is 2.78. The highest BCUT2D eigenvalue weighted by Gasteiger charge is 2.40. The molecule has 0 saturated carbocycles. The van der Waals surface area contributed by atoms with Crippen LogP contribution >= 0.6 is 0 Å². The van der Waals surface area contributed by atoms with Gasteiger partial charge in [-0.25, -0.2) is 0 Å². The fraction of sp³-hybridized carbons (Fsp3) is 0.500. The third-order valence-corrected chi connectivity index (χ3v) is 3.66. The first-order valence-electron chi connectivity index (χ1n) is 7.20.